The van der Waals surface area contributed by atoms with Crippen molar-refractivity contribution in [2.75, 3.05) is 31.7 Å². The summed E-state index contributed by atoms with van der Waals surface area (Å²) in [4.78, 5) is 6.77. The van der Waals surface area contributed by atoms with E-state index in [0.717, 1.165) is 35.9 Å². The van der Waals surface area contributed by atoms with Crippen LogP contribution >= 0.6 is 35.7 Å². The highest BCUT2D eigenvalue weighted by molar-refractivity contribution is 14.0. The molecule has 23 heavy (non-hydrogen) atoms. The largest absolute Gasteiger partial charge is 0.496 e. The van der Waals surface area contributed by atoms with Gasteiger partial charge in [0.15, 0.2) is 5.96 Å². The first kappa shape index (κ1) is 18.2. The minimum atomic E-state index is 0. The molecule has 0 spiro atoms. The predicted molar refractivity (Wildman–Crippen MR) is 110 cm³/mol. The molecule has 2 aromatic rings. The monoisotopic (exact) mass is 443 g/mol. The standard InChI is InChI=1S/C17H21N3OS.HI/c1-21-16-7-6-13-4-2-3-5-14(13)15(16)12-19-17(18)20-8-10-22-11-9-20;/h2-7H,8-12H2,1H3,(H2,18,19);1H. The Morgan fingerprint density at radius 3 is 2.70 bits per heavy atom. The first-order valence-electron chi connectivity index (χ1n) is 7.47. The van der Waals surface area contributed by atoms with Crippen molar-refractivity contribution in [3.63, 3.8) is 0 Å². The number of aliphatic imine (C=N–C) groups is 1. The molecule has 1 fully saturated rings. The number of rotatable bonds is 3. The van der Waals surface area contributed by atoms with Crippen LogP contribution in [0.5, 0.6) is 5.75 Å². The summed E-state index contributed by atoms with van der Waals surface area (Å²) < 4.78 is 5.50. The van der Waals surface area contributed by atoms with Crippen molar-refractivity contribution in [3.05, 3.63) is 42.0 Å². The van der Waals surface area contributed by atoms with E-state index >= 15 is 0 Å². The number of methoxy groups -OCH3 is 1. The number of benzene rings is 2. The van der Waals surface area contributed by atoms with Crippen molar-refractivity contribution in [1.82, 2.24) is 4.90 Å². The second-order valence-electron chi connectivity index (χ2n) is 5.24. The molecule has 0 amide bonds. The molecule has 0 saturated carbocycles. The average Bonchev–Trinajstić information content (AvgIpc) is 2.60. The zero-order chi connectivity index (χ0) is 15.4. The van der Waals surface area contributed by atoms with Crippen LogP contribution in [0.4, 0.5) is 0 Å². The normalized spacial score (nSPS) is 15.3. The van der Waals surface area contributed by atoms with E-state index in [9.17, 15) is 0 Å². The molecule has 0 aliphatic carbocycles. The minimum absolute atomic E-state index is 0. The van der Waals surface area contributed by atoms with E-state index in [1.807, 2.05) is 30.0 Å². The summed E-state index contributed by atoms with van der Waals surface area (Å²) in [6.07, 6.45) is 0. The van der Waals surface area contributed by atoms with E-state index in [0.29, 0.717) is 12.5 Å². The Morgan fingerprint density at radius 2 is 1.96 bits per heavy atom. The molecule has 2 N–H and O–H groups in total. The molecule has 0 atom stereocenters. The molecule has 3 rings (SSSR count). The number of hydrogen-bond acceptors (Lipinski definition) is 3. The number of halogens is 1. The summed E-state index contributed by atoms with van der Waals surface area (Å²) in [5, 5.41) is 2.37. The third-order valence-corrected chi connectivity index (χ3v) is 4.89. The van der Waals surface area contributed by atoms with E-state index in [1.165, 1.54) is 10.8 Å². The van der Waals surface area contributed by atoms with Gasteiger partial charge in [0.1, 0.15) is 5.75 Å². The third-order valence-electron chi connectivity index (χ3n) is 3.95. The van der Waals surface area contributed by atoms with E-state index in [2.05, 4.69) is 28.1 Å². The first-order chi connectivity index (χ1) is 10.8. The van der Waals surface area contributed by atoms with Gasteiger partial charge in [-0.1, -0.05) is 30.3 Å². The Bertz CT molecular complexity index is 687. The molecule has 6 heteroatoms. The van der Waals surface area contributed by atoms with Crippen LogP contribution in [0.1, 0.15) is 5.56 Å². The summed E-state index contributed by atoms with van der Waals surface area (Å²) in [5.41, 5.74) is 7.25. The zero-order valence-corrected chi connectivity index (χ0v) is 16.3. The van der Waals surface area contributed by atoms with Crippen LogP contribution in [0.2, 0.25) is 0 Å². The predicted octanol–water partition coefficient (Wildman–Crippen LogP) is 3.33. The molecule has 0 unspecified atom stereocenters. The topological polar surface area (TPSA) is 50.9 Å². The van der Waals surface area contributed by atoms with Gasteiger partial charge in [-0.25, -0.2) is 4.99 Å². The summed E-state index contributed by atoms with van der Waals surface area (Å²) in [6.45, 7) is 2.50. The number of ether oxygens (including phenoxy) is 1. The van der Waals surface area contributed by atoms with Gasteiger partial charge in [-0.15, -0.1) is 24.0 Å². The first-order valence-corrected chi connectivity index (χ1v) is 8.62. The van der Waals surface area contributed by atoms with Gasteiger partial charge >= 0.3 is 0 Å². The molecule has 0 radical (unpaired) electrons. The molecule has 4 nitrogen and oxygen atoms in total. The lowest BCUT2D eigenvalue weighted by Gasteiger charge is -2.27. The molecule has 1 aliphatic heterocycles. The molecule has 1 aliphatic rings. The Balaban J connectivity index is 0.00000192. The summed E-state index contributed by atoms with van der Waals surface area (Å²) in [5.74, 6) is 3.74. The van der Waals surface area contributed by atoms with Gasteiger partial charge < -0.3 is 15.4 Å². The molecule has 2 aromatic carbocycles. The lowest BCUT2D eigenvalue weighted by atomic mass is 10.0. The Kier molecular flexibility index (Phi) is 6.83. The van der Waals surface area contributed by atoms with Crippen molar-refractivity contribution in [3.8, 4) is 5.75 Å². The maximum Gasteiger partial charge on any atom is 0.191 e. The number of fused-ring (bicyclic) bond motifs is 1. The highest BCUT2D eigenvalue weighted by atomic mass is 127. The summed E-state index contributed by atoms with van der Waals surface area (Å²) in [6, 6.07) is 12.4. The van der Waals surface area contributed by atoms with Gasteiger partial charge in [-0.2, -0.15) is 11.8 Å². The fourth-order valence-electron chi connectivity index (χ4n) is 2.72. The van der Waals surface area contributed by atoms with Crippen molar-refractivity contribution in [2.45, 2.75) is 6.54 Å². The van der Waals surface area contributed by atoms with Crippen molar-refractivity contribution in [2.24, 2.45) is 10.7 Å². The van der Waals surface area contributed by atoms with Gasteiger partial charge in [0.2, 0.25) is 0 Å². The van der Waals surface area contributed by atoms with Gasteiger partial charge in [0.25, 0.3) is 0 Å². The van der Waals surface area contributed by atoms with Gasteiger partial charge in [-0.05, 0) is 16.8 Å². The maximum absolute atomic E-state index is 6.16. The lowest BCUT2D eigenvalue weighted by Crippen LogP contribution is -2.42. The average molecular weight is 443 g/mol. The third kappa shape index (κ3) is 4.23. The quantitative estimate of drug-likeness (QED) is 0.449. The van der Waals surface area contributed by atoms with Gasteiger partial charge in [0.05, 0.1) is 13.7 Å². The minimum Gasteiger partial charge on any atom is -0.496 e. The molecule has 124 valence electrons. The maximum atomic E-state index is 6.16. The van der Waals surface area contributed by atoms with Crippen LogP contribution in [-0.2, 0) is 6.54 Å². The number of thioether (sulfide) groups is 1. The molecule has 0 bridgehead atoms. The smallest absolute Gasteiger partial charge is 0.191 e. The zero-order valence-electron chi connectivity index (χ0n) is 13.2. The number of nitrogens with zero attached hydrogens (tertiary/aromatic N) is 2. The van der Waals surface area contributed by atoms with Crippen LogP contribution in [0, 0.1) is 0 Å². The van der Waals surface area contributed by atoms with Crippen molar-refractivity contribution >= 4 is 52.5 Å². The second kappa shape index (κ2) is 8.63. The van der Waals surface area contributed by atoms with E-state index in [-0.39, 0.29) is 24.0 Å². The molecular formula is C17H22IN3OS. The fourth-order valence-corrected chi connectivity index (χ4v) is 3.63. The lowest BCUT2D eigenvalue weighted by molar-refractivity contribution is 0.410. The Labute approximate surface area is 158 Å². The van der Waals surface area contributed by atoms with Crippen molar-refractivity contribution < 1.29 is 4.74 Å². The van der Waals surface area contributed by atoms with Gasteiger partial charge in [0, 0.05) is 30.2 Å². The number of nitrogens with two attached hydrogens (primary N) is 1. The summed E-state index contributed by atoms with van der Waals surface area (Å²) >= 11 is 1.97. The number of guanidine groups is 1. The van der Waals surface area contributed by atoms with Crippen LogP contribution in [0.3, 0.4) is 0 Å². The van der Waals surface area contributed by atoms with Crippen LogP contribution in [-0.4, -0.2) is 42.6 Å². The molecule has 0 aromatic heterocycles. The Hall–Kier alpha value is -1.15. The highest BCUT2D eigenvalue weighted by Crippen LogP contribution is 2.28. The molecule has 1 saturated heterocycles. The second-order valence-corrected chi connectivity index (χ2v) is 6.47. The van der Waals surface area contributed by atoms with Crippen LogP contribution < -0.4 is 10.5 Å². The highest BCUT2D eigenvalue weighted by Gasteiger charge is 2.13. The Morgan fingerprint density at radius 1 is 1.22 bits per heavy atom. The van der Waals surface area contributed by atoms with Gasteiger partial charge in [-0.3, -0.25) is 0 Å². The SMILES string of the molecule is COc1ccc2ccccc2c1CN=C(N)N1CCSCC1.I. The van der Waals surface area contributed by atoms with E-state index < -0.39 is 0 Å². The van der Waals surface area contributed by atoms with Crippen molar-refractivity contribution in [1.29, 1.82) is 0 Å². The van der Waals surface area contributed by atoms with E-state index in [1.54, 1.807) is 7.11 Å². The number of hydrogen-bond donors (Lipinski definition) is 1. The van der Waals surface area contributed by atoms with Crippen LogP contribution in [0.15, 0.2) is 41.4 Å². The van der Waals surface area contributed by atoms with Crippen LogP contribution in [0.25, 0.3) is 10.8 Å². The fraction of sp³-hybridized carbons (Fsp3) is 0.353. The summed E-state index contributed by atoms with van der Waals surface area (Å²) in [7, 11) is 1.70. The molecule has 1 heterocycles. The van der Waals surface area contributed by atoms with E-state index in [4.69, 9.17) is 10.5 Å². The molecular weight excluding hydrogens is 421 g/mol.